The van der Waals surface area contributed by atoms with Crippen molar-refractivity contribution in [1.82, 2.24) is 0 Å². The zero-order valence-electron chi connectivity index (χ0n) is 10.7. The van der Waals surface area contributed by atoms with E-state index in [1.54, 1.807) is 13.0 Å². The molecule has 2 N–H and O–H groups in total. The van der Waals surface area contributed by atoms with Gasteiger partial charge < -0.3 is 14.9 Å². The van der Waals surface area contributed by atoms with Gasteiger partial charge in [0.1, 0.15) is 17.1 Å². The summed E-state index contributed by atoms with van der Waals surface area (Å²) in [5.74, 6) is 1.86. The van der Waals surface area contributed by atoms with Crippen LogP contribution in [0.25, 0.3) is 0 Å². The molecule has 0 saturated heterocycles. The molecule has 2 atom stereocenters. The quantitative estimate of drug-likeness (QED) is 0.817. The van der Waals surface area contributed by atoms with E-state index in [-0.39, 0.29) is 11.4 Å². The summed E-state index contributed by atoms with van der Waals surface area (Å²) in [5, 5.41) is 0. The first kappa shape index (κ1) is 12.2. The molecule has 1 aromatic heterocycles. The van der Waals surface area contributed by atoms with Gasteiger partial charge in [0, 0.05) is 5.92 Å². The number of carbonyl (C=O) groups excluding carboxylic acids is 1. The van der Waals surface area contributed by atoms with Crippen LogP contribution < -0.4 is 5.73 Å². The monoisotopic (exact) mass is 237 g/mol. The lowest BCUT2D eigenvalue weighted by Crippen LogP contribution is -2.05. The second-order valence-electron chi connectivity index (χ2n) is 5.25. The Morgan fingerprint density at radius 3 is 2.71 bits per heavy atom. The Labute approximate surface area is 101 Å². The number of esters is 1. The van der Waals surface area contributed by atoms with Gasteiger partial charge in [-0.1, -0.05) is 13.8 Å². The van der Waals surface area contributed by atoms with E-state index in [1.165, 1.54) is 7.11 Å². The number of hydrogen-bond donors (Lipinski definition) is 1. The molecule has 1 aromatic rings. The van der Waals surface area contributed by atoms with Crippen molar-refractivity contribution in [2.75, 3.05) is 13.7 Å². The lowest BCUT2D eigenvalue weighted by Gasteiger charge is -1.98. The fraction of sp³-hybridized carbons (Fsp3) is 0.615. The molecule has 1 aliphatic carbocycles. The fourth-order valence-corrected chi connectivity index (χ4v) is 2.72. The van der Waals surface area contributed by atoms with E-state index in [2.05, 4.69) is 13.8 Å². The Bertz CT molecular complexity index is 448. The maximum atomic E-state index is 11.5. The van der Waals surface area contributed by atoms with E-state index in [9.17, 15) is 4.79 Å². The minimum absolute atomic E-state index is 0.159. The first-order chi connectivity index (χ1) is 7.93. The minimum atomic E-state index is -0.347. The van der Waals surface area contributed by atoms with E-state index >= 15 is 0 Å². The average molecular weight is 237 g/mol. The normalized spacial score (nSPS) is 25.7. The predicted molar refractivity (Wildman–Crippen MR) is 63.9 cm³/mol. The summed E-state index contributed by atoms with van der Waals surface area (Å²) < 4.78 is 10.4. The van der Waals surface area contributed by atoms with Gasteiger partial charge in [-0.05, 0) is 30.9 Å². The summed E-state index contributed by atoms with van der Waals surface area (Å²) in [7, 11) is 1.37. The van der Waals surface area contributed by atoms with Crippen molar-refractivity contribution in [1.29, 1.82) is 0 Å². The Balaban J connectivity index is 2.28. The Kier molecular flexibility index (Phi) is 2.78. The van der Waals surface area contributed by atoms with Crippen LogP contribution in [0.2, 0.25) is 0 Å². The van der Waals surface area contributed by atoms with Crippen molar-refractivity contribution in [3.05, 3.63) is 23.2 Å². The van der Waals surface area contributed by atoms with E-state index in [1.807, 2.05) is 0 Å². The summed E-state index contributed by atoms with van der Waals surface area (Å²) >= 11 is 0. The lowest BCUT2D eigenvalue weighted by atomic mass is 10.1. The van der Waals surface area contributed by atoms with Crippen LogP contribution in [-0.2, 0) is 4.74 Å². The van der Waals surface area contributed by atoms with Gasteiger partial charge >= 0.3 is 5.97 Å². The van der Waals surface area contributed by atoms with Crippen molar-refractivity contribution in [2.45, 2.75) is 26.7 Å². The van der Waals surface area contributed by atoms with Crippen LogP contribution in [0.1, 0.15) is 41.6 Å². The molecule has 0 aromatic carbocycles. The molecule has 0 aliphatic heterocycles. The summed E-state index contributed by atoms with van der Waals surface area (Å²) in [6.45, 7) is 6.77. The number of aryl methyl sites for hydroxylation is 1. The molecule has 0 amide bonds. The van der Waals surface area contributed by atoms with Crippen molar-refractivity contribution in [3.8, 4) is 0 Å². The second kappa shape index (κ2) is 3.88. The number of furan rings is 1. The van der Waals surface area contributed by atoms with Crippen LogP contribution in [0.4, 0.5) is 0 Å². The van der Waals surface area contributed by atoms with Crippen molar-refractivity contribution in [3.63, 3.8) is 0 Å². The van der Waals surface area contributed by atoms with Crippen molar-refractivity contribution < 1.29 is 13.9 Å². The van der Waals surface area contributed by atoms with E-state index < -0.39 is 0 Å². The maximum Gasteiger partial charge on any atom is 0.341 e. The Morgan fingerprint density at radius 1 is 1.59 bits per heavy atom. The molecule has 4 nitrogen and oxygen atoms in total. The first-order valence-corrected chi connectivity index (χ1v) is 5.82. The maximum absolute atomic E-state index is 11.5. The van der Waals surface area contributed by atoms with Gasteiger partial charge in [-0.25, -0.2) is 4.79 Å². The third-order valence-electron chi connectivity index (χ3n) is 3.95. The predicted octanol–water partition coefficient (Wildman–Crippen LogP) is 2.07. The van der Waals surface area contributed by atoms with Crippen LogP contribution in [0.15, 0.2) is 10.5 Å². The lowest BCUT2D eigenvalue weighted by molar-refractivity contribution is 0.0599. The average Bonchev–Trinajstić information content (AvgIpc) is 2.63. The number of rotatable bonds is 3. The van der Waals surface area contributed by atoms with Crippen LogP contribution >= 0.6 is 0 Å². The zero-order valence-corrected chi connectivity index (χ0v) is 10.7. The molecule has 1 fully saturated rings. The third-order valence-corrected chi connectivity index (χ3v) is 3.95. The number of methoxy groups -OCH3 is 1. The van der Waals surface area contributed by atoms with Crippen LogP contribution in [0, 0.1) is 18.3 Å². The van der Waals surface area contributed by atoms with Gasteiger partial charge in [0.15, 0.2) is 0 Å². The van der Waals surface area contributed by atoms with Gasteiger partial charge in [0.05, 0.1) is 7.11 Å². The van der Waals surface area contributed by atoms with Gasteiger partial charge in [0.25, 0.3) is 0 Å². The molecule has 0 spiro atoms. The highest BCUT2D eigenvalue weighted by Crippen LogP contribution is 2.64. The van der Waals surface area contributed by atoms with E-state index in [0.29, 0.717) is 29.7 Å². The topological polar surface area (TPSA) is 65.5 Å². The van der Waals surface area contributed by atoms with Crippen molar-refractivity contribution in [2.24, 2.45) is 17.1 Å². The molecule has 1 saturated carbocycles. The highest BCUT2D eigenvalue weighted by molar-refractivity contribution is 5.90. The minimum Gasteiger partial charge on any atom is -0.465 e. The van der Waals surface area contributed by atoms with Gasteiger partial charge in [-0.3, -0.25) is 0 Å². The van der Waals surface area contributed by atoms with Gasteiger partial charge in [0.2, 0.25) is 0 Å². The van der Waals surface area contributed by atoms with Crippen LogP contribution in [-0.4, -0.2) is 19.6 Å². The highest BCUT2D eigenvalue weighted by Gasteiger charge is 2.59. The molecule has 94 valence electrons. The summed E-state index contributed by atoms with van der Waals surface area (Å²) in [4.78, 5) is 11.5. The van der Waals surface area contributed by atoms with Crippen molar-refractivity contribution >= 4 is 5.97 Å². The molecule has 2 unspecified atom stereocenters. The summed E-state index contributed by atoms with van der Waals surface area (Å²) in [6.07, 6.45) is 0. The molecule has 17 heavy (non-hydrogen) atoms. The highest BCUT2D eigenvalue weighted by atomic mass is 16.5. The van der Waals surface area contributed by atoms with Crippen LogP contribution in [0.5, 0.6) is 0 Å². The summed E-state index contributed by atoms with van der Waals surface area (Å²) in [5.41, 5.74) is 6.41. The SMILES string of the molecule is COC(=O)c1cc(C2C(CN)C2(C)C)oc1C. The first-order valence-electron chi connectivity index (χ1n) is 5.82. The molecule has 2 rings (SSSR count). The fourth-order valence-electron chi connectivity index (χ4n) is 2.72. The molecule has 1 aliphatic rings. The molecular formula is C13H19NO3. The van der Waals surface area contributed by atoms with Gasteiger partial charge in [-0.15, -0.1) is 0 Å². The summed E-state index contributed by atoms with van der Waals surface area (Å²) in [6, 6.07) is 1.79. The number of nitrogens with two attached hydrogens (primary N) is 1. The molecule has 0 radical (unpaired) electrons. The second-order valence-corrected chi connectivity index (χ2v) is 5.25. The number of ether oxygens (including phenoxy) is 1. The van der Waals surface area contributed by atoms with Crippen LogP contribution in [0.3, 0.4) is 0 Å². The van der Waals surface area contributed by atoms with E-state index in [4.69, 9.17) is 14.9 Å². The van der Waals surface area contributed by atoms with E-state index in [0.717, 1.165) is 5.76 Å². The third kappa shape index (κ3) is 1.76. The molecular weight excluding hydrogens is 218 g/mol. The largest absolute Gasteiger partial charge is 0.465 e. The molecule has 0 bridgehead atoms. The standard InChI is InChI=1S/C13H19NO3/c1-7-8(12(15)16-4)5-10(17-7)11-9(6-14)13(11,2)3/h5,9,11H,6,14H2,1-4H3. The van der Waals surface area contributed by atoms with Gasteiger partial charge in [-0.2, -0.15) is 0 Å². The Hall–Kier alpha value is -1.29. The number of carbonyl (C=O) groups is 1. The zero-order chi connectivity index (χ0) is 12.8. The number of hydrogen-bond acceptors (Lipinski definition) is 4. The Morgan fingerprint density at radius 2 is 2.24 bits per heavy atom. The smallest absolute Gasteiger partial charge is 0.341 e. The molecule has 1 heterocycles. The molecule has 4 heteroatoms.